The summed E-state index contributed by atoms with van der Waals surface area (Å²) < 4.78 is 38.3. The maximum Gasteiger partial charge on any atom is 0.416 e. The molecule has 0 aliphatic rings. The summed E-state index contributed by atoms with van der Waals surface area (Å²) in [5, 5.41) is 37.9. The first kappa shape index (κ1) is 15.9. The van der Waals surface area contributed by atoms with Crippen molar-refractivity contribution in [3.05, 3.63) is 39.4 Å². The van der Waals surface area contributed by atoms with E-state index in [0.29, 0.717) is 18.2 Å². The van der Waals surface area contributed by atoms with Crippen LogP contribution in [0, 0.1) is 21.4 Å². The Morgan fingerprint density at radius 2 is 2.00 bits per heavy atom. The highest BCUT2D eigenvalue weighted by Gasteiger charge is 2.37. The largest absolute Gasteiger partial charge is 0.416 e. The van der Waals surface area contributed by atoms with Crippen LogP contribution in [0.2, 0.25) is 0 Å². The average molecular weight is 290 g/mol. The van der Waals surface area contributed by atoms with Crippen LogP contribution in [0.5, 0.6) is 0 Å². The van der Waals surface area contributed by atoms with E-state index in [4.69, 9.17) is 5.26 Å². The second-order valence-electron chi connectivity index (χ2n) is 3.90. The van der Waals surface area contributed by atoms with Gasteiger partial charge in [-0.25, -0.2) is 0 Å². The van der Waals surface area contributed by atoms with Crippen molar-refractivity contribution >= 4 is 5.69 Å². The smallest absolute Gasteiger partial charge is 0.389 e. The van der Waals surface area contributed by atoms with E-state index in [2.05, 4.69) is 0 Å². The van der Waals surface area contributed by atoms with Gasteiger partial charge in [-0.15, -0.1) is 0 Å². The van der Waals surface area contributed by atoms with Gasteiger partial charge in [-0.2, -0.15) is 18.4 Å². The van der Waals surface area contributed by atoms with Crippen LogP contribution >= 0.6 is 0 Å². The maximum atomic E-state index is 12.8. The maximum absolute atomic E-state index is 12.8. The van der Waals surface area contributed by atoms with Gasteiger partial charge in [0.25, 0.3) is 5.69 Å². The number of nitrogens with zero attached hydrogens (tertiary/aromatic N) is 2. The van der Waals surface area contributed by atoms with Gasteiger partial charge in [0.1, 0.15) is 6.10 Å². The third kappa shape index (κ3) is 3.43. The Hall–Kier alpha value is -2.18. The quantitative estimate of drug-likeness (QED) is 0.650. The SMILES string of the molecule is N#CCC(O)C(O)c1cc([N+](=O)[O-])ccc1C(F)(F)F. The van der Waals surface area contributed by atoms with Gasteiger partial charge in [0.2, 0.25) is 0 Å². The molecule has 2 atom stereocenters. The van der Waals surface area contributed by atoms with Gasteiger partial charge in [-0.05, 0) is 6.07 Å². The molecule has 0 heterocycles. The number of non-ortho nitro benzene ring substituents is 1. The predicted molar refractivity (Wildman–Crippen MR) is 59.3 cm³/mol. The molecule has 9 heteroatoms. The molecule has 20 heavy (non-hydrogen) atoms. The molecule has 0 saturated carbocycles. The fourth-order valence-corrected chi connectivity index (χ4v) is 1.58. The Morgan fingerprint density at radius 1 is 1.40 bits per heavy atom. The molecular weight excluding hydrogens is 281 g/mol. The number of benzene rings is 1. The standard InChI is InChI=1S/C11H9F3N2O4/c12-11(13,14)8-2-1-6(16(19)20)5-7(8)10(18)9(17)3-4-15/h1-2,5,9-10,17-18H,3H2. The number of nitro groups is 1. The molecule has 0 amide bonds. The molecular formula is C11H9F3N2O4. The van der Waals surface area contributed by atoms with Gasteiger partial charge in [-0.3, -0.25) is 10.1 Å². The van der Waals surface area contributed by atoms with E-state index in [1.165, 1.54) is 6.07 Å². The zero-order valence-corrected chi connectivity index (χ0v) is 9.83. The lowest BCUT2D eigenvalue weighted by molar-refractivity contribution is -0.385. The normalized spacial score (nSPS) is 14.4. The molecule has 6 nitrogen and oxygen atoms in total. The van der Waals surface area contributed by atoms with Crippen LogP contribution in [-0.4, -0.2) is 21.2 Å². The van der Waals surface area contributed by atoms with Gasteiger partial charge < -0.3 is 10.2 Å². The molecule has 0 bridgehead atoms. The van der Waals surface area contributed by atoms with E-state index in [-0.39, 0.29) is 0 Å². The monoisotopic (exact) mass is 290 g/mol. The minimum Gasteiger partial charge on any atom is -0.389 e. The summed E-state index contributed by atoms with van der Waals surface area (Å²) >= 11 is 0. The lowest BCUT2D eigenvalue weighted by Gasteiger charge is -2.20. The van der Waals surface area contributed by atoms with Crippen LogP contribution in [-0.2, 0) is 6.18 Å². The summed E-state index contributed by atoms with van der Waals surface area (Å²) in [5.74, 6) is 0. The topological polar surface area (TPSA) is 107 Å². The molecule has 1 rings (SSSR count). The van der Waals surface area contributed by atoms with Crippen LogP contribution in [0.3, 0.4) is 0 Å². The van der Waals surface area contributed by atoms with Crippen molar-refractivity contribution in [3.63, 3.8) is 0 Å². The van der Waals surface area contributed by atoms with Crippen LogP contribution in [0.25, 0.3) is 0 Å². The number of halogens is 3. The molecule has 0 radical (unpaired) electrons. The van der Waals surface area contributed by atoms with E-state index in [1.807, 2.05) is 0 Å². The van der Waals surface area contributed by atoms with E-state index in [0.717, 1.165) is 0 Å². The fraction of sp³-hybridized carbons (Fsp3) is 0.364. The van der Waals surface area contributed by atoms with Crippen molar-refractivity contribution in [2.45, 2.75) is 24.8 Å². The number of aliphatic hydroxyl groups is 2. The Balaban J connectivity index is 3.36. The van der Waals surface area contributed by atoms with Crippen molar-refractivity contribution in [3.8, 4) is 6.07 Å². The molecule has 1 aromatic rings. The Kier molecular flexibility index (Phi) is 4.65. The molecule has 0 saturated heterocycles. The summed E-state index contributed by atoms with van der Waals surface area (Å²) in [7, 11) is 0. The zero-order chi connectivity index (χ0) is 15.5. The number of hydrogen-bond donors (Lipinski definition) is 2. The summed E-state index contributed by atoms with van der Waals surface area (Å²) in [6.45, 7) is 0. The summed E-state index contributed by atoms with van der Waals surface area (Å²) in [6.07, 6.45) is -9.28. The van der Waals surface area contributed by atoms with Crippen LogP contribution in [0.4, 0.5) is 18.9 Å². The average Bonchev–Trinajstić information content (AvgIpc) is 2.36. The highest BCUT2D eigenvalue weighted by molar-refractivity contribution is 5.42. The van der Waals surface area contributed by atoms with Crippen molar-refractivity contribution in [2.75, 3.05) is 0 Å². The van der Waals surface area contributed by atoms with Gasteiger partial charge in [0.15, 0.2) is 0 Å². The Bertz CT molecular complexity index is 554. The number of rotatable bonds is 4. The highest BCUT2D eigenvalue weighted by Crippen LogP contribution is 2.37. The van der Waals surface area contributed by atoms with E-state index in [9.17, 15) is 33.5 Å². The molecule has 0 spiro atoms. The van der Waals surface area contributed by atoms with Gasteiger partial charge in [-0.1, -0.05) is 0 Å². The molecule has 0 aliphatic carbocycles. The van der Waals surface area contributed by atoms with Crippen molar-refractivity contribution in [2.24, 2.45) is 0 Å². The first-order chi connectivity index (χ1) is 9.18. The zero-order valence-electron chi connectivity index (χ0n) is 9.83. The number of alkyl halides is 3. The van der Waals surface area contributed by atoms with Crippen molar-refractivity contribution in [1.82, 2.24) is 0 Å². The molecule has 1 aromatic carbocycles. The molecule has 2 unspecified atom stereocenters. The van der Waals surface area contributed by atoms with Crippen LogP contribution < -0.4 is 0 Å². The summed E-state index contributed by atoms with van der Waals surface area (Å²) in [5.41, 5.74) is -2.79. The second kappa shape index (κ2) is 5.85. The predicted octanol–water partition coefficient (Wildman–Crippen LogP) is 1.92. The molecule has 0 aliphatic heterocycles. The summed E-state index contributed by atoms with van der Waals surface area (Å²) in [4.78, 5) is 9.64. The Labute approximate surface area is 110 Å². The summed E-state index contributed by atoms with van der Waals surface area (Å²) in [6, 6.07) is 3.13. The van der Waals surface area contributed by atoms with Crippen molar-refractivity contribution < 1.29 is 28.3 Å². The minimum atomic E-state index is -4.85. The van der Waals surface area contributed by atoms with E-state index >= 15 is 0 Å². The fourth-order valence-electron chi connectivity index (χ4n) is 1.58. The third-order valence-electron chi connectivity index (χ3n) is 2.53. The lowest BCUT2D eigenvalue weighted by atomic mass is 9.96. The first-order valence-electron chi connectivity index (χ1n) is 5.27. The molecule has 0 aromatic heterocycles. The lowest BCUT2D eigenvalue weighted by Crippen LogP contribution is -2.21. The van der Waals surface area contributed by atoms with Crippen LogP contribution in [0.15, 0.2) is 18.2 Å². The first-order valence-corrected chi connectivity index (χ1v) is 5.27. The van der Waals surface area contributed by atoms with Gasteiger partial charge in [0.05, 0.1) is 29.1 Å². The van der Waals surface area contributed by atoms with E-state index < -0.39 is 46.5 Å². The van der Waals surface area contributed by atoms with E-state index in [1.54, 1.807) is 0 Å². The second-order valence-corrected chi connectivity index (χ2v) is 3.90. The number of hydrogen-bond acceptors (Lipinski definition) is 5. The number of nitriles is 1. The minimum absolute atomic E-state index is 0.454. The van der Waals surface area contributed by atoms with Crippen LogP contribution in [0.1, 0.15) is 23.7 Å². The highest BCUT2D eigenvalue weighted by atomic mass is 19.4. The van der Waals surface area contributed by atoms with Gasteiger partial charge in [0, 0.05) is 17.7 Å². The number of aliphatic hydroxyl groups excluding tert-OH is 2. The number of nitro benzene ring substituents is 1. The Morgan fingerprint density at radius 3 is 2.45 bits per heavy atom. The van der Waals surface area contributed by atoms with Crippen molar-refractivity contribution in [1.29, 1.82) is 5.26 Å². The van der Waals surface area contributed by atoms with Gasteiger partial charge >= 0.3 is 6.18 Å². The molecule has 0 fully saturated rings. The molecule has 2 N–H and O–H groups in total. The third-order valence-corrected chi connectivity index (χ3v) is 2.53. The molecule has 108 valence electrons.